The molecule has 4 nitrogen and oxygen atoms in total. The van der Waals surface area contributed by atoms with Crippen molar-refractivity contribution in [3.63, 3.8) is 0 Å². The number of hydrogen-bond acceptors (Lipinski definition) is 4. The number of nitrogens with zero attached hydrogens (tertiary/aromatic N) is 1. The van der Waals surface area contributed by atoms with Gasteiger partial charge in [0.1, 0.15) is 11.9 Å². The molecule has 27 heavy (non-hydrogen) atoms. The zero-order chi connectivity index (χ0) is 18.6. The van der Waals surface area contributed by atoms with Crippen LogP contribution in [0.1, 0.15) is 29.9 Å². The molecule has 2 unspecified atom stereocenters. The van der Waals surface area contributed by atoms with Gasteiger partial charge in [0.25, 0.3) is 0 Å². The Morgan fingerprint density at radius 2 is 1.78 bits per heavy atom. The first-order chi connectivity index (χ1) is 13.2. The van der Waals surface area contributed by atoms with Crippen molar-refractivity contribution in [1.82, 2.24) is 4.90 Å². The number of piperidine rings is 3. The minimum Gasteiger partial charge on any atom is -0.497 e. The van der Waals surface area contributed by atoms with Crippen LogP contribution in [-0.4, -0.2) is 43.7 Å². The summed E-state index contributed by atoms with van der Waals surface area (Å²) in [6.45, 7) is 3.18. The van der Waals surface area contributed by atoms with Gasteiger partial charge in [-0.15, -0.1) is 0 Å². The molecule has 0 aliphatic carbocycles. The fraction of sp³-hybridized carbons (Fsp3) is 0.435. The Labute approximate surface area is 161 Å². The van der Waals surface area contributed by atoms with Crippen LogP contribution < -0.4 is 4.74 Å². The molecule has 5 rings (SSSR count). The maximum absolute atomic E-state index is 13.2. The van der Waals surface area contributed by atoms with Crippen LogP contribution in [0.2, 0.25) is 0 Å². The largest absolute Gasteiger partial charge is 0.497 e. The minimum atomic E-state index is -0.282. The molecule has 142 valence electrons. The fourth-order valence-electron chi connectivity index (χ4n) is 4.30. The quantitative estimate of drug-likeness (QED) is 0.733. The molecule has 0 radical (unpaired) electrons. The van der Waals surface area contributed by atoms with Gasteiger partial charge in [-0.25, -0.2) is 0 Å². The molecule has 3 heterocycles. The van der Waals surface area contributed by atoms with Crippen LogP contribution in [0.5, 0.6) is 5.75 Å². The van der Waals surface area contributed by atoms with Crippen molar-refractivity contribution >= 4 is 5.97 Å². The molecule has 2 aromatic rings. The van der Waals surface area contributed by atoms with E-state index in [2.05, 4.69) is 4.90 Å². The fourth-order valence-corrected chi connectivity index (χ4v) is 4.30. The molecule has 4 heteroatoms. The van der Waals surface area contributed by atoms with Crippen molar-refractivity contribution in [3.05, 3.63) is 65.7 Å². The van der Waals surface area contributed by atoms with Crippen molar-refractivity contribution < 1.29 is 14.3 Å². The van der Waals surface area contributed by atoms with Crippen LogP contribution >= 0.6 is 0 Å². The number of carbonyl (C=O) groups excluding carboxylic acids is 1. The normalized spacial score (nSPS) is 25.0. The van der Waals surface area contributed by atoms with E-state index < -0.39 is 0 Å². The molecule has 0 saturated carbocycles. The predicted octanol–water partition coefficient (Wildman–Crippen LogP) is 3.66. The van der Waals surface area contributed by atoms with E-state index in [0.29, 0.717) is 12.3 Å². The number of methoxy groups -OCH3 is 1. The summed E-state index contributed by atoms with van der Waals surface area (Å²) in [6.07, 6.45) is 2.97. The highest BCUT2D eigenvalue weighted by molar-refractivity contribution is 5.78. The van der Waals surface area contributed by atoms with E-state index in [9.17, 15) is 4.79 Å². The summed E-state index contributed by atoms with van der Waals surface area (Å²) in [4.78, 5) is 15.6. The SMILES string of the molecule is COc1ccc(CC(C(=O)OC2CN3CCC2CC3)c2ccccc2)cc1. The second-order valence-electron chi connectivity index (χ2n) is 7.63. The van der Waals surface area contributed by atoms with Crippen molar-refractivity contribution in [2.45, 2.75) is 31.3 Å². The Hall–Kier alpha value is -2.33. The van der Waals surface area contributed by atoms with E-state index in [-0.39, 0.29) is 18.0 Å². The lowest BCUT2D eigenvalue weighted by atomic mass is 9.85. The van der Waals surface area contributed by atoms with Crippen molar-refractivity contribution in [2.75, 3.05) is 26.7 Å². The number of hydrogen-bond donors (Lipinski definition) is 0. The number of esters is 1. The van der Waals surface area contributed by atoms with Crippen molar-refractivity contribution in [1.29, 1.82) is 0 Å². The van der Waals surface area contributed by atoms with Gasteiger partial charge in [0.15, 0.2) is 0 Å². The average Bonchev–Trinajstić information content (AvgIpc) is 2.74. The van der Waals surface area contributed by atoms with Gasteiger partial charge in [0.05, 0.1) is 13.0 Å². The molecule has 2 bridgehead atoms. The van der Waals surface area contributed by atoms with Crippen LogP contribution in [0.15, 0.2) is 54.6 Å². The number of fused-ring (bicyclic) bond motifs is 3. The Morgan fingerprint density at radius 3 is 2.37 bits per heavy atom. The molecular formula is C23H27NO3. The van der Waals surface area contributed by atoms with Gasteiger partial charge in [-0.3, -0.25) is 9.69 Å². The van der Waals surface area contributed by atoms with E-state index in [4.69, 9.17) is 9.47 Å². The van der Waals surface area contributed by atoms with E-state index in [0.717, 1.165) is 49.4 Å². The van der Waals surface area contributed by atoms with Gasteiger partial charge in [0.2, 0.25) is 0 Å². The van der Waals surface area contributed by atoms with Crippen LogP contribution in [-0.2, 0) is 16.0 Å². The molecule has 0 N–H and O–H groups in total. The molecule has 2 atom stereocenters. The topological polar surface area (TPSA) is 38.8 Å². The summed E-state index contributed by atoms with van der Waals surface area (Å²) < 4.78 is 11.3. The van der Waals surface area contributed by atoms with Gasteiger partial charge in [-0.2, -0.15) is 0 Å². The van der Waals surface area contributed by atoms with Gasteiger partial charge in [-0.1, -0.05) is 42.5 Å². The van der Waals surface area contributed by atoms with Crippen LogP contribution in [0.4, 0.5) is 0 Å². The predicted molar refractivity (Wildman–Crippen MR) is 105 cm³/mol. The first kappa shape index (κ1) is 18.1. The molecular weight excluding hydrogens is 338 g/mol. The number of rotatable bonds is 6. The summed E-state index contributed by atoms with van der Waals surface area (Å²) >= 11 is 0. The van der Waals surface area contributed by atoms with Gasteiger partial charge in [0, 0.05) is 6.54 Å². The van der Waals surface area contributed by atoms with Crippen LogP contribution in [0, 0.1) is 5.92 Å². The van der Waals surface area contributed by atoms with Crippen LogP contribution in [0.25, 0.3) is 0 Å². The molecule has 0 spiro atoms. The number of carbonyl (C=O) groups is 1. The van der Waals surface area contributed by atoms with E-state index in [1.54, 1.807) is 7.11 Å². The van der Waals surface area contributed by atoms with E-state index in [1.165, 1.54) is 0 Å². The third-order valence-electron chi connectivity index (χ3n) is 5.95. The highest BCUT2D eigenvalue weighted by Crippen LogP contribution is 2.32. The molecule has 2 aromatic carbocycles. The molecule has 3 aliphatic heterocycles. The Morgan fingerprint density at radius 1 is 1.07 bits per heavy atom. The number of ether oxygens (including phenoxy) is 2. The van der Waals surface area contributed by atoms with Crippen LogP contribution in [0.3, 0.4) is 0 Å². The third kappa shape index (κ3) is 4.16. The summed E-state index contributed by atoms with van der Waals surface area (Å²) in [5.74, 6) is 0.965. The van der Waals surface area contributed by atoms with E-state index in [1.807, 2.05) is 54.6 Å². The Balaban J connectivity index is 1.51. The molecule has 3 saturated heterocycles. The van der Waals surface area contributed by atoms with Gasteiger partial charge < -0.3 is 9.47 Å². The summed E-state index contributed by atoms with van der Waals surface area (Å²) in [7, 11) is 1.66. The highest BCUT2D eigenvalue weighted by atomic mass is 16.5. The Kier molecular flexibility index (Phi) is 5.44. The monoisotopic (exact) mass is 365 g/mol. The lowest BCUT2D eigenvalue weighted by molar-refractivity contribution is -0.160. The zero-order valence-electron chi connectivity index (χ0n) is 15.8. The summed E-state index contributed by atoms with van der Waals surface area (Å²) in [5, 5.41) is 0. The smallest absolute Gasteiger partial charge is 0.314 e. The third-order valence-corrected chi connectivity index (χ3v) is 5.95. The molecule has 0 amide bonds. The maximum atomic E-state index is 13.2. The van der Waals surface area contributed by atoms with Crippen molar-refractivity contribution in [3.8, 4) is 5.75 Å². The number of benzene rings is 2. The lowest BCUT2D eigenvalue weighted by Gasteiger charge is -2.44. The average molecular weight is 365 g/mol. The second kappa shape index (κ2) is 8.13. The maximum Gasteiger partial charge on any atom is 0.314 e. The Bertz CT molecular complexity index is 751. The van der Waals surface area contributed by atoms with Gasteiger partial charge in [-0.05, 0) is 61.5 Å². The van der Waals surface area contributed by atoms with Crippen molar-refractivity contribution in [2.24, 2.45) is 5.92 Å². The standard InChI is InChI=1S/C23H27NO3/c1-26-20-9-7-17(8-10-20)15-21(18-5-3-2-4-6-18)23(25)27-22-16-24-13-11-19(22)12-14-24/h2-10,19,21-22H,11-16H2,1H3. The first-order valence-electron chi connectivity index (χ1n) is 9.83. The van der Waals surface area contributed by atoms with Gasteiger partial charge >= 0.3 is 5.97 Å². The van der Waals surface area contributed by atoms with E-state index >= 15 is 0 Å². The molecule has 3 aliphatic rings. The second-order valence-corrected chi connectivity index (χ2v) is 7.63. The molecule has 0 aromatic heterocycles. The minimum absolute atomic E-state index is 0.0436. The zero-order valence-corrected chi connectivity index (χ0v) is 15.8. The molecule has 3 fully saturated rings. The highest BCUT2D eigenvalue weighted by Gasteiger charge is 2.37. The summed E-state index contributed by atoms with van der Waals surface area (Å²) in [6, 6.07) is 17.9. The summed E-state index contributed by atoms with van der Waals surface area (Å²) in [5.41, 5.74) is 2.12. The first-order valence-corrected chi connectivity index (χ1v) is 9.83. The lowest BCUT2D eigenvalue weighted by Crippen LogP contribution is -2.52.